The summed E-state index contributed by atoms with van der Waals surface area (Å²) < 4.78 is 20.0. The average Bonchev–Trinajstić information content (AvgIpc) is 3.33. The molecule has 2 aromatic carbocycles. The van der Waals surface area contributed by atoms with E-state index in [1.165, 1.54) is 24.5 Å². The van der Waals surface area contributed by atoms with E-state index in [0.717, 1.165) is 11.0 Å². The van der Waals surface area contributed by atoms with Crippen LogP contribution >= 0.6 is 11.6 Å². The Morgan fingerprint density at radius 1 is 1.09 bits per heavy atom. The summed E-state index contributed by atoms with van der Waals surface area (Å²) in [6.45, 7) is 1.70. The number of ether oxygens (including phenoxy) is 1. The van der Waals surface area contributed by atoms with Crippen LogP contribution in [0, 0.1) is 40.8 Å². The number of hydrogen-bond donors (Lipinski definition) is 2. The van der Waals surface area contributed by atoms with E-state index in [0.29, 0.717) is 27.4 Å². The van der Waals surface area contributed by atoms with E-state index in [-0.39, 0.29) is 35.7 Å². The molecule has 2 saturated heterocycles. The Morgan fingerprint density at radius 2 is 1.86 bits per heavy atom. The zero-order valence-corrected chi connectivity index (χ0v) is 23.5. The number of hydrogen-bond acceptors (Lipinski definition) is 7. The predicted octanol–water partition coefficient (Wildman–Crippen LogP) is 3.85. The Balaban J connectivity index is 1.38. The third-order valence-electron chi connectivity index (χ3n) is 9.80. The number of halogens is 2. The number of primary amides is 1. The lowest BCUT2D eigenvalue weighted by atomic mass is 9.51. The van der Waals surface area contributed by atoms with Gasteiger partial charge >= 0.3 is 6.03 Å². The molecule has 220 valence electrons. The number of urea groups is 1. The summed E-state index contributed by atoms with van der Waals surface area (Å²) in [4.78, 5) is 68.7. The maximum Gasteiger partial charge on any atom is 0.328 e. The number of fused-ring (bicyclic) bond motifs is 5. The largest absolute Gasteiger partial charge is 0.508 e. The molecule has 10 nitrogen and oxygen atoms in total. The first kappa shape index (κ1) is 27.3. The first-order valence-corrected chi connectivity index (χ1v) is 14.2. The molecule has 0 unspecified atom stereocenters. The van der Waals surface area contributed by atoms with Gasteiger partial charge in [-0.05, 0) is 67.7 Å². The van der Waals surface area contributed by atoms with Crippen molar-refractivity contribution < 1.29 is 38.2 Å². The molecule has 7 rings (SSSR count). The molecule has 0 aromatic heterocycles. The molecule has 3 heterocycles. The number of rotatable bonds is 2. The predicted molar refractivity (Wildman–Crippen MR) is 149 cm³/mol. The van der Waals surface area contributed by atoms with Gasteiger partial charge in [0, 0.05) is 17.9 Å². The lowest BCUT2D eigenvalue weighted by Crippen LogP contribution is -2.51. The topological polar surface area (TPSA) is 147 Å². The number of benzene rings is 2. The number of imide groups is 4. The highest BCUT2D eigenvalue weighted by Crippen LogP contribution is 2.62. The molecule has 12 heteroatoms. The van der Waals surface area contributed by atoms with Gasteiger partial charge in [0.2, 0.25) is 23.6 Å². The van der Waals surface area contributed by atoms with Gasteiger partial charge in [0.1, 0.15) is 17.3 Å². The minimum absolute atomic E-state index is 0.0297. The van der Waals surface area contributed by atoms with E-state index in [9.17, 15) is 33.5 Å². The zero-order valence-electron chi connectivity index (χ0n) is 22.8. The molecular weight excluding hydrogens is 581 g/mol. The second kappa shape index (κ2) is 9.24. The molecule has 3 N–H and O–H groups in total. The number of nitrogens with zero attached hydrogens (tertiary/aromatic N) is 2. The van der Waals surface area contributed by atoms with Crippen LogP contribution in [0.1, 0.15) is 25.3 Å². The minimum atomic E-state index is -1.36. The van der Waals surface area contributed by atoms with E-state index in [2.05, 4.69) is 0 Å². The summed E-state index contributed by atoms with van der Waals surface area (Å²) in [6, 6.07) is 7.13. The highest BCUT2D eigenvalue weighted by Gasteiger charge is 2.68. The number of amides is 6. The zero-order chi connectivity index (χ0) is 30.5. The van der Waals surface area contributed by atoms with Crippen molar-refractivity contribution in [2.24, 2.45) is 40.7 Å². The van der Waals surface area contributed by atoms with E-state index < -0.39 is 70.5 Å². The van der Waals surface area contributed by atoms with Gasteiger partial charge in [-0.2, -0.15) is 4.90 Å². The Labute approximate surface area is 249 Å². The van der Waals surface area contributed by atoms with Crippen LogP contribution in [0.5, 0.6) is 11.5 Å². The van der Waals surface area contributed by atoms with Gasteiger partial charge in [0.05, 0.1) is 40.1 Å². The quantitative estimate of drug-likeness (QED) is 0.390. The van der Waals surface area contributed by atoms with Gasteiger partial charge in [0.15, 0.2) is 0 Å². The highest BCUT2D eigenvalue weighted by molar-refractivity contribution is 6.31. The number of phenols is 1. The van der Waals surface area contributed by atoms with Crippen molar-refractivity contribution in [1.29, 1.82) is 0 Å². The summed E-state index contributed by atoms with van der Waals surface area (Å²) in [5.74, 6) is -6.70. The Hall–Kier alpha value is -4.51. The lowest BCUT2D eigenvalue weighted by molar-refractivity contribution is -0.137. The third kappa shape index (κ3) is 3.67. The van der Waals surface area contributed by atoms with Gasteiger partial charge in [-0.3, -0.25) is 19.2 Å². The van der Waals surface area contributed by atoms with Gasteiger partial charge in [-0.15, -0.1) is 0 Å². The first-order valence-electron chi connectivity index (χ1n) is 13.8. The SMILES string of the molecule is C[C@@]12C(=O)N(c3ccc(F)c(Cl)c3)C(=O)[C@@H]1C[C@@H]1C(=CC[C@@H]3C(=O)N(C(N)=O)C(=O)[C@@H]31)[C@@H]2C1=COc2ccc(O)cc2C1. The van der Waals surface area contributed by atoms with Crippen molar-refractivity contribution in [2.75, 3.05) is 4.90 Å². The Morgan fingerprint density at radius 3 is 2.58 bits per heavy atom. The molecule has 43 heavy (non-hydrogen) atoms. The van der Waals surface area contributed by atoms with Crippen LogP contribution in [-0.4, -0.2) is 39.7 Å². The van der Waals surface area contributed by atoms with Gasteiger partial charge in [0.25, 0.3) is 0 Å². The number of carbonyl (C=O) groups is 5. The molecular formula is C31H25ClFN3O7. The number of anilines is 1. The number of allylic oxidation sites excluding steroid dienone is 3. The van der Waals surface area contributed by atoms with Crippen LogP contribution in [0.2, 0.25) is 5.02 Å². The summed E-state index contributed by atoms with van der Waals surface area (Å²) in [5.41, 5.74) is 6.16. The molecule has 1 saturated carbocycles. The summed E-state index contributed by atoms with van der Waals surface area (Å²) in [7, 11) is 0. The molecule has 0 spiro atoms. The van der Waals surface area contributed by atoms with Crippen molar-refractivity contribution in [3.8, 4) is 11.5 Å². The van der Waals surface area contributed by atoms with Crippen molar-refractivity contribution in [3.63, 3.8) is 0 Å². The number of phenolic OH excluding ortho intramolecular Hbond substituents is 1. The van der Waals surface area contributed by atoms with Crippen LogP contribution in [0.25, 0.3) is 0 Å². The van der Waals surface area contributed by atoms with Gasteiger partial charge in [-0.1, -0.05) is 23.3 Å². The molecule has 6 amide bonds. The first-order chi connectivity index (χ1) is 20.4. The fourth-order valence-electron chi connectivity index (χ4n) is 7.93. The molecule has 0 radical (unpaired) electrons. The molecule has 3 aliphatic heterocycles. The van der Waals surface area contributed by atoms with E-state index >= 15 is 0 Å². The van der Waals surface area contributed by atoms with E-state index in [1.54, 1.807) is 19.1 Å². The normalized spacial score (nSPS) is 31.1. The molecule has 5 aliphatic rings. The van der Waals surface area contributed by atoms with Crippen LogP contribution < -0.4 is 15.4 Å². The fraction of sp³-hybridized carbons (Fsp3) is 0.323. The smallest absolute Gasteiger partial charge is 0.328 e. The average molecular weight is 606 g/mol. The molecule has 0 bridgehead atoms. The number of aromatic hydroxyl groups is 1. The molecule has 2 aromatic rings. The van der Waals surface area contributed by atoms with Crippen LogP contribution in [-0.2, 0) is 25.6 Å². The monoisotopic (exact) mass is 605 g/mol. The van der Waals surface area contributed by atoms with Crippen LogP contribution in [0.4, 0.5) is 14.9 Å². The van der Waals surface area contributed by atoms with Crippen LogP contribution in [0.15, 0.2) is 59.9 Å². The molecule has 3 fully saturated rings. The van der Waals surface area contributed by atoms with E-state index in [1.807, 2.05) is 6.08 Å². The second-order valence-corrected chi connectivity index (χ2v) is 12.3. The van der Waals surface area contributed by atoms with E-state index in [4.69, 9.17) is 22.1 Å². The number of carbonyl (C=O) groups excluding carboxylic acids is 5. The molecule has 2 aliphatic carbocycles. The third-order valence-corrected chi connectivity index (χ3v) is 10.1. The minimum Gasteiger partial charge on any atom is -0.508 e. The highest BCUT2D eigenvalue weighted by atomic mass is 35.5. The molecule has 6 atom stereocenters. The second-order valence-electron chi connectivity index (χ2n) is 11.9. The van der Waals surface area contributed by atoms with Crippen molar-refractivity contribution in [3.05, 3.63) is 76.3 Å². The Kier molecular flexibility index (Phi) is 5.87. The van der Waals surface area contributed by atoms with Crippen LogP contribution in [0.3, 0.4) is 0 Å². The fourth-order valence-corrected chi connectivity index (χ4v) is 8.11. The van der Waals surface area contributed by atoms with Crippen molar-refractivity contribution in [1.82, 2.24) is 4.90 Å². The Bertz CT molecular complexity index is 1750. The van der Waals surface area contributed by atoms with Gasteiger partial charge in [-0.25, -0.2) is 14.1 Å². The lowest BCUT2D eigenvalue weighted by Gasteiger charge is -2.49. The maximum absolute atomic E-state index is 14.4. The maximum atomic E-state index is 14.4. The summed E-state index contributed by atoms with van der Waals surface area (Å²) in [6.07, 6.45) is 3.86. The van der Waals surface area contributed by atoms with Crippen molar-refractivity contribution in [2.45, 2.75) is 26.2 Å². The number of likely N-dealkylation sites (tertiary alicyclic amines) is 1. The number of nitrogens with two attached hydrogens (primary N) is 1. The van der Waals surface area contributed by atoms with Gasteiger partial charge < -0.3 is 15.6 Å². The summed E-state index contributed by atoms with van der Waals surface area (Å²) in [5, 5.41) is 9.88. The standard InChI is InChI=1S/C31H25ClFN3O7/c1-31-20(27(39)35(29(31)41)15-2-6-22(33)21(32)10-15)11-19-17(4-5-18-24(19)28(40)36(26(18)38)30(34)42)25(31)14-8-13-9-16(37)3-7-23(13)43-12-14/h2-4,6-7,9-10,12,18-20,24-25,37H,5,8,11H2,1H3,(H2,34,42)/t18-,19+,20-,24-,25-,31+/m0/s1. The van der Waals surface area contributed by atoms with Crippen molar-refractivity contribution >= 4 is 46.9 Å². The summed E-state index contributed by atoms with van der Waals surface area (Å²) >= 11 is 6.02.